The summed E-state index contributed by atoms with van der Waals surface area (Å²) < 4.78 is 125. The number of alkyl halides is 7. The summed E-state index contributed by atoms with van der Waals surface area (Å²) in [5, 5.41) is 6.89. The summed E-state index contributed by atoms with van der Waals surface area (Å²) >= 11 is 0. The van der Waals surface area contributed by atoms with Crippen LogP contribution >= 0.6 is 0 Å². The Labute approximate surface area is 276 Å². The predicted octanol–water partition coefficient (Wildman–Crippen LogP) is 7.78. The molecular formula is C33H41F7N2O5S. The molecule has 1 saturated heterocycles. The third-order valence-corrected chi connectivity index (χ3v) is 11.8. The minimum Gasteiger partial charge on any atom is -0.483 e. The molecule has 15 heteroatoms. The van der Waals surface area contributed by atoms with Crippen molar-refractivity contribution in [2.45, 2.75) is 99.4 Å². The lowest BCUT2D eigenvalue weighted by Gasteiger charge is -2.48. The van der Waals surface area contributed by atoms with Gasteiger partial charge >= 0.3 is 18.0 Å². The maximum atomic E-state index is 15.2. The van der Waals surface area contributed by atoms with Crippen LogP contribution in [0.25, 0.3) is 0 Å². The molecular weight excluding hydrogens is 669 g/mol. The fraction of sp³-hybridized carbons (Fsp3) is 0.576. The maximum Gasteiger partial charge on any atom is 0.435 e. The monoisotopic (exact) mass is 710 g/mol. The molecule has 0 spiro atoms. The quantitative estimate of drug-likeness (QED) is 0.243. The number of hydrogen-bond donors (Lipinski definition) is 1. The van der Waals surface area contributed by atoms with E-state index in [1.807, 2.05) is 13.8 Å². The van der Waals surface area contributed by atoms with Gasteiger partial charge in [-0.25, -0.2) is 12.8 Å². The van der Waals surface area contributed by atoms with E-state index in [0.717, 1.165) is 25.3 Å². The van der Waals surface area contributed by atoms with E-state index >= 15 is 4.39 Å². The molecule has 3 aliphatic rings. The van der Waals surface area contributed by atoms with E-state index in [0.29, 0.717) is 31.4 Å². The Kier molecular flexibility index (Phi) is 12.2. The first-order valence-corrected chi connectivity index (χ1v) is 17.4. The minimum absolute atomic E-state index is 0.0320. The molecule has 2 atom stereocenters. The first kappa shape index (κ1) is 39.1. The van der Waals surface area contributed by atoms with Crippen LogP contribution in [0.3, 0.4) is 0 Å². The van der Waals surface area contributed by atoms with Gasteiger partial charge in [0, 0.05) is 36.8 Å². The van der Waals surface area contributed by atoms with Crippen molar-refractivity contribution in [2.24, 2.45) is 5.92 Å². The number of anilines is 1. The Balaban J connectivity index is 0.00000118. The fourth-order valence-electron chi connectivity index (χ4n) is 7.18. The molecule has 2 aliphatic heterocycles. The van der Waals surface area contributed by atoms with Gasteiger partial charge in [-0.3, -0.25) is 9.59 Å². The second-order valence-electron chi connectivity index (χ2n) is 11.8. The highest BCUT2D eigenvalue weighted by Crippen LogP contribution is 2.58. The van der Waals surface area contributed by atoms with Gasteiger partial charge in [0.1, 0.15) is 4.75 Å². The zero-order valence-electron chi connectivity index (χ0n) is 27.0. The van der Waals surface area contributed by atoms with Crippen molar-refractivity contribution in [3.8, 4) is 0 Å². The lowest BCUT2D eigenvalue weighted by atomic mass is 9.82. The molecule has 2 fully saturated rings. The molecule has 268 valence electrons. The zero-order chi connectivity index (χ0) is 36.1. The second-order valence-corrected chi connectivity index (χ2v) is 14.0. The normalized spacial score (nSPS) is 21.6. The second kappa shape index (κ2) is 15.0. The van der Waals surface area contributed by atoms with E-state index in [4.69, 9.17) is 9.90 Å². The van der Waals surface area contributed by atoms with Gasteiger partial charge in [-0.1, -0.05) is 70.4 Å². The Morgan fingerprint density at radius 2 is 1.52 bits per heavy atom. The molecule has 1 N–H and O–H groups in total. The summed E-state index contributed by atoms with van der Waals surface area (Å²) in [6.45, 7) is 5.53. The number of fused-ring (bicyclic) bond motifs is 3. The highest BCUT2D eigenvalue weighted by atomic mass is 32.2. The summed E-state index contributed by atoms with van der Waals surface area (Å²) in [5.41, 5.74) is -7.59. The number of carbonyl (C=O) groups excluding carboxylic acids is 1. The highest BCUT2D eigenvalue weighted by Gasteiger charge is 2.74. The number of carbonyl (C=O) groups is 2. The number of likely N-dealkylation sites (tertiary alicyclic amines) is 1. The summed E-state index contributed by atoms with van der Waals surface area (Å²) in [4.78, 5) is 25.2. The molecule has 7 nitrogen and oxygen atoms in total. The van der Waals surface area contributed by atoms with Crippen molar-refractivity contribution in [1.82, 2.24) is 4.90 Å². The van der Waals surface area contributed by atoms with Gasteiger partial charge in [0.05, 0.1) is 10.9 Å². The molecule has 0 bridgehead atoms. The molecule has 5 rings (SSSR count). The van der Waals surface area contributed by atoms with Crippen molar-refractivity contribution in [3.63, 3.8) is 0 Å². The van der Waals surface area contributed by atoms with Crippen molar-refractivity contribution in [1.29, 1.82) is 0 Å². The molecule has 2 unspecified atom stereocenters. The van der Waals surface area contributed by atoms with Crippen molar-refractivity contribution >= 4 is 27.9 Å². The van der Waals surface area contributed by atoms with Crippen LogP contribution in [0.15, 0.2) is 53.4 Å². The lowest BCUT2D eigenvalue weighted by Crippen LogP contribution is -2.59. The number of amides is 1. The molecule has 1 aliphatic carbocycles. The smallest absolute Gasteiger partial charge is 0.435 e. The Hall–Kier alpha value is -3.36. The van der Waals surface area contributed by atoms with Crippen LogP contribution in [-0.2, 0) is 29.8 Å². The SMILES string of the molecule is CC.CCCN1CC2N(C(=O)C3CCCCC3)CCC2(S(=O)(=O)c2ccccc2)c2ccc(C(F)(C(F)(F)F)C(F)(F)F)cc21.O=CO. The molecule has 2 aromatic carbocycles. The Morgan fingerprint density at radius 1 is 0.958 bits per heavy atom. The van der Waals surface area contributed by atoms with Crippen LogP contribution in [-0.4, -0.2) is 68.8 Å². The first-order valence-electron chi connectivity index (χ1n) is 15.9. The number of benzene rings is 2. The van der Waals surface area contributed by atoms with Crippen molar-refractivity contribution in [3.05, 3.63) is 59.7 Å². The van der Waals surface area contributed by atoms with Gasteiger partial charge < -0.3 is 14.9 Å². The Bertz CT molecular complexity index is 1500. The summed E-state index contributed by atoms with van der Waals surface area (Å²) in [6.07, 6.45) is -8.32. The number of carboxylic acid groups (broad SMARTS) is 1. The average Bonchev–Trinajstić information content (AvgIpc) is 3.46. The van der Waals surface area contributed by atoms with E-state index in [-0.39, 0.29) is 60.5 Å². The van der Waals surface area contributed by atoms with E-state index < -0.39 is 44.2 Å². The van der Waals surface area contributed by atoms with Crippen LogP contribution in [0.1, 0.15) is 76.8 Å². The number of sulfone groups is 1. The topological polar surface area (TPSA) is 95.0 Å². The van der Waals surface area contributed by atoms with Gasteiger partial charge in [0.2, 0.25) is 5.91 Å². The van der Waals surface area contributed by atoms with Crippen LogP contribution in [0.2, 0.25) is 0 Å². The maximum absolute atomic E-state index is 15.2. The van der Waals surface area contributed by atoms with E-state index in [1.165, 1.54) is 29.2 Å². The fourth-order valence-corrected chi connectivity index (χ4v) is 9.50. The van der Waals surface area contributed by atoms with Gasteiger partial charge in [-0.15, -0.1) is 0 Å². The summed E-state index contributed by atoms with van der Waals surface area (Å²) in [6, 6.07) is 8.20. The number of rotatable bonds is 6. The lowest BCUT2D eigenvalue weighted by molar-refractivity contribution is -0.348. The standard InChI is InChI=1S/C30H33F7N2O3S.C2H6.CH2O2/c1-2-16-38-19-25-27(43(41,42)22-11-7-4-8-12-22,15-17-39(25)26(40)20-9-5-3-6-10-20)23-14-13-21(18-24(23)38)28(31,29(32,33)34)30(35,36)37;1-2;2-1-3/h4,7-8,11-14,18,20,25H,2-3,5-6,9-10,15-17,19H2,1H3;1-2H3;1H,(H,2,3). The molecule has 2 aromatic rings. The largest absolute Gasteiger partial charge is 0.483 e. The molecule has 0 radical (unpaired) electrons. The highest BCUT2D eigenvalue weighted by molar-refractivity contribution is 7.92. The average molecular weight is 711 g/mol. The number of nitrogens with zero attached hydrogens (tertiary/aromatic N) is 2. The Morgan fingerprint density at radius 3 is 2.04 bits per heavy atom. The van der Waals surface area contributed by atoms with Gasteiger partial charge in [-0.2, -0.15) is 26.3 Å². The van der Waals surface area contributed by atoms with E-state index in [1.54, 1.807) is 17.9 Å². The van der Waals surface area contributed by atoms with E-state index in [9.17, 15) is 39.6 Å². The van der Waals surface area contributed by atoms with Crippen molar-refractivity contribution in [2.75, 3.05) is 24.5 Å². The van der Waals surface area contributed by atoms with Gasteiger partial charge in [0.25, 0.3) is 6.47 Å². The first-order chi connectivity index (χ1) is 22.5. The number of hydrogen-bond acceptors (Lipinski definition) is 5. The summed E-state index contributed by atoms with van der Waals surface area (Å²) in [7, 11) is -4.37. The van der Waals surface area contributed by atoms with Crippen LogP contribution < -0.4 is 4.90 Å². The third kappa shape index (κ3) is 6.62. The molecule has 1 amide bonds. The molecule has 0 aromatic heterocycles. The molecule has 1 saturated carbocycles. The van der Waals surface area contributed by atoms with Gasteiger partial charge in [-0.05, 0) is 49.4 Å². The summed E-state index contributed by atoms with van der Waals surface area (Å²) in [5.74, 6) is -0.485. The molecule has 2 heterocycles. The van der Waals surface area contributed by atoms with Crippen LogP contribution in [0, 0.1) is 5.92 Å². The predicted molar refractivity (Wildman–Crippen MR) is 166 cm³/mol. The minimum atomic E-state index is -6.32. The van der Waals surface area contributed by atoms with E-state index in [2.05, 4.69) is 0 Å². The zero-order valence-corrected chi connectivity index (χ0v) is 27.8. The number of halogens is 7. The van der Waals surface area contributed by atoms with Gasteiger partial charge in [0.15, 0.2) is 9.84 Å². The van der Waals surface area contributed by atoms with Crippen LogP contribution in [0.5, 0.6) is 0 Å². The third-order valence-electron chi connectivity index (χ3n) is 9.27. The van der Waals surface area contributed by atoms with Crippen molar-refractivity contribution < 1.29 is 53.8 Å². The van der Waals surface area contributed by atoms with Crippen LogP contribution in [0.4, 0.5) is 36.4 Å². The molecule has 48 heavy (non-hydrogen) atoms.